The van der Waals surface area contributed by atoms with Crippen LogP contribution in [0.2, 0.25) is 0 Å². The predicted octanol–water partition coefficient (Wildman–Crippen LogP) is 4.17. The Hall–Kier alpha value is -3.41. The third-order valence-corrected chi connectivity index (χ3v) is 5.67. The van der Waals surface area contributed by atoms with Crippen LogP contribution in [0.15, 0.2) is 30.7 Å². The molecule has 3 unspecified atom stereocenters. The summed E-state index contributed by atoms with van der Waals surface area (Å²) in [6.45, 7) is 6.21. The highest BCUT2D eigenvalue weighted by Gasteiger charge is 2.28. The molecule has 1 amide bonds. The van der Waals surface area contributed by atoms with Crippen LogP contribution in [0.5, 0.6) is 0 Å². The smallest absolute Gasteiger partial charge is 0.255 e. The summed E-state index contributed by atoms with van der Waals surface area (Å²) in [5.41, 5.74) is -0.756. The molecule has 36 heavy (non-hydrogen) atoms. The molecule has 3 heterocycles. The number of hydrogen-bond acceptors (Lipinski definition) is 7. The van der Waals surface area contributed by atoms with Gasteiger partial charge in [0.15, 0.2) is 17.3 Å². The SMILES string of the molecule is CC.CC(C)(O)C(F)CNC(=O)c1cnc(Nc2nc3ccnn3cc2F)cc1NC1CCC(F)C1. The number of anilines is 3. The fourth-order valence-corrected chi connectivity index (χ4v) is 3.67. The Morgan fingerprint density at radius 1 is 1.33 bits per heavy atom. The van der Waals surface area contributed by atoms with Crippen LogP contribution in [0.3, 0.4) is 0 Å². The van der Waals surface area contributed by atoms with Crippen molar-refractivity contribution in [2.75, 3.05) is 17.2 Å². The minimum absolute atomic E-state index is 0.0845. The Morgan fingerprint density at radius 2 is 2.08 bits per heavy atom. The van der Waals surface area contributed by atoms with Crippen molar-refractivity contribution in [3.63, 3.8) is 0 Å². The second-order valence-electron chi connectivity index (χ2n) is 8.89. The first-order chi connectivity index (χ1) is 17.1. The van der Waals surface area contributed by atoms with Gasteiger partial charge in [0.2, 0.25) is 0 Å². The lowest BCUT2D eigenvalue weighted by Gasteiger charge is -2.23. The van der Waals surface area contributed by atoms with Crippen LogP contribution in [-0.4, -0.2) is 61.1 Å². The van der Waals surface area contributed by atoms with Crippen molar-refractivity contribution in [1.29, 1.82) is 0 Å². The van der Waals surface area contributed by atoms with E-state index in [2.05, 4.69) is 31.0 Å². The maximum atomic E-state index is 14.4. The van der Waals surface area contributed by atoms with E-state index in [4.69, 9.17) is 0 Å². The standard InChI is InChI=1S/C22H26F3N7O2.C2H6/c1-22(2,34)17(25)10-27-21(33)14-9-26-18(8-16(14)29-13-4-3-12(23)7-13)30-20-15(24)11-32-19(31-20)5-6-28-32;1-2/h5-6,8-9,11-13,17,34H,3-4,7,10H2,1-2H3,(H,27,33)(H2,26,29,30,31);1-2H3. The second kappa shape index (κ2) is 11.5. The summed E-state index contributed by atoms with van der Waals surface area (Å²) < 4.78 is 43.5. The number of carbonyl (C=O) groups excluding carboxylic acids is 1. The van der Waals surface area contributed by atoms with Gasteiger partial charge in [0.25, 0.3) is 5.91 Å². The molecule has 0 saturated heterocycles. The maximum absolute atomic E-state index is 14.4. The number of hydrogen-bond donors (Lipinski definition) is 4. The van der Waals surface area contributed by atoms with Gasteiger partial charge in [0, 0.05) is 24.4 Å². The van der Waals surface area contributed by atoms with Gasteiger partial charge in [0.05, 0.1) is 35.8 Å². The molecule has 0 aromatic carbocycles. The van der Waals surface area contributed by atoms with Crippen LogP contribution < -0.4 is 16.0 Å². The van der Waals surface area contributed by atoms with Crippen molar-refractivity contribution in [1.82, 2.24) is 24.9 Å². The van der Waals surface area contributed by atoms with Crippen LogP contribution in [-0.2, 0) is 0 Å². The molecule has 196 valence electrons. The molecule has 3 aromatic heterocycles. The van der Waals surface area contributed by atoms with E-state index in [9.17, 15) is 23.1 Å². The first-order valence-corrected chi connectivity index (χ1v) is 11.9. The first kappa shape index (κ1) is 27.2. The van der Waals surface area contributed by atoms with Crippen LogP contribution in [0.1, 0.15) is 57.3 Å². The molecular weight excluding hydrogens is 475 g/mol. The zero-order valence-electron chi connectivity index (χ0n) is 20.7. The molecule has 0 spiro atoms. The molecular formula is C24H32F3N7O2. The van der Waals surface area contributed by atoms with Crippen molar-refractivity contribution in [3.8, 4) is 0 Å². The van der Waals surface area contributed by atoms with Gasteiger partial charge in [0.1, 0.15) is 18.2 Å². The van der Waals surface area contributed by atoms with E-state index < -0.39 is 36.2 Å². The molecule has 3 atom stereocenters. The van der Waals surface area contributed by atoms with Crippen molar-refractivity contribution in [2.24, 2.45) is 0 Å². The van der Waals surface area contributed by atoms with E-state index in [1.807, 2.05) is 13.8 Å². The van der Waals surface area contributed by atoms with Gasteiger partial charge in [-0.25, -0.2) is 27.7 Å². The largest absolute Gasteiger partial charge is 0.387 e. The van der Waals surface area contributed by atoms with Gasteiger partial charge in [-0.2, -0.15) is 5.10 Å². The number of halogens is 3. The number of fused-ring (bicyclic) bond motifs is 1. The van der Waals surface area contributed by atoms with Crippen LogP contribution in [0.4, 0.5) is 30.5 Å². The molecule has 1 saturated carbocycles. The summed E-state index contributed by atoms with van der Waals surface area (Å²) in [6.07, 6.45) is 2.56. The summed E-state index contributed by atoms with van der Waals surface area (Å²) in [6, 6.07) is 2.89. The Bertz CT molecular complexity index is 1180. The molecule has 0 bridgehead atoms. The highest BCUT2D eigenvalue weighted by atomic mass is 19.1. The van der Waals surface area contributed by atoms with E-state index >= 15 is 0 Å². The van der Waals surface area contributed by atoms with Crippen LogP contribution in [0, 0.1) is 5.82 Å². The lowest BCUT2D eigenvalue weighted by Crippen LogP contribution is -2.42. The van der Waals surface area contributed by atoms with E-state index in [-0.39, 0.29) is 29.7 Å². The molecule has 12 heteroatoms. The zero-order valence-corrected chi connectivity index (χ0v) is 20.7. The van der Waals surface area contributed by atoms with E-state index in [0.717, 1.165) is 0 Å². The molecule has 4 rings (SSSR count). The third kappa shape index (κ3) is 6.62. The molecule has 9 nitrogen and oxygen atoms in total. The summed E-state index contributed by atoms with van der Waals surface area (Å²) in [5.74, 6) is -1.16. The number of alkyl halides is 2. The zero-order chi connectivity index (χ0) is 26.5. The first-order valence-electron chi connectivity index (χ1n) is 11.9. The van der Waals surface area contributed by atoms with E-state index in [0.29, 0.717) is 24.2 Å². The van der Waals surface area contributed by atoms with E-state index in [1.165, 1.54) is 43.0 Å². The number of rotatable bonds is 8. The molecule has 1 aliphatic rings. The van der Waals surface area contributed by atoms with Crippen molar-refractivity contribution >= 4 is 28.9 Å². The van der Waals surface area contributed by atoms with Gasteiger partial charge in [-0.1, -0.05) is 13.8 Å². The number of aromatic nitrogens is 4. The topological polar surface area (TPSA) is 116 Å². The Balaban J connectivity index is 0.00000176. The fourth-order valence-electron chi connectivity index (χ4n) is 3.67. The van der Waals surface area contributed by atoms with Gasteiger partial charge >= 0.3 is 0 Å². The quantitative estimate of drug-likeness (QED) is 0.362. The molecule has 4 N–H and O–H groups in total. The lowest BCUT2D eigenvalue weighted by molar-refractivity contribution is -0.00177. The highest BCUT2D eigenvalue weighted by Crippen LogP contribution is 2.29. The maximum Gasteiger partial charge on any atom is 0.255 e. The van der Waals surface area contributed by atoms with Crippen LogP contribution in [0.25, 0.3) is 5.65 Å². The normalized spacial score (nSPS) is 18.3. The second-order valence-corrected chi connectivity index (χ2v) is 8.89. The number of carbonyl (C=O) groups is 1. The summed E-state index contributed by atoms with van der Waals surface area (Å²) in [5, 5.41) is 22.1. The molecule has 1 aliphatic carbocycles. The number of pyridine rings is 1. The monoisotopic (exact) mass is 507 g/mol. The summed E-state index contributed by atoms with van der Waals surface area (Å²) in [4.78, 5) is 21.1. The summed E-state index contributed by atoms with van der Waals surface area (Å²) in [7, 11) is 0. The summed E-state index contributed by atoms with van der Waals surface area (Å²) >= 11 is 0. The van der Waals surface area contributed by atoms with Gasteiger partial charge in [-0.05, 0) is 33.1 Å². The average Bonchev–Trinajstić information content (AvgIpc) is 3.46. The van der Waals surface area contributed by atoms with Crippen LogP contribution >= 0.6 is 0 Å². The minimum atomic E-state index is -1.68. The fraction of sp³-hybridized carbons (Fsp3) is 0.500. The van der Waals surface area contributed by atoms with Crippen molar-refractivity contribution in [3.05, 3.63) is 42.1 Å². The molecule has 0 radical (unpaired) electrons. The van der Waals surface area contributed by atoms with E-state index in [1.54, 1.807) is 6.07 Å². The number of aliphatic hydroxyl groups is 1. The number of amides is 1. The molecule has 0 aliphatic heterocycles. The Morgan fingerprint density at radius 3 is 2.75 bits per heavy atom. The Labute approximate surface area is 207 Å². The molecule has 1 fully saturated rings. The minimum Gasteiger partial charge on any atom is -0.387 e. The lowest BCUT2D eigenvalue weighted by atomic mass is 10.0. The number of nitrogens with one attached hydrogen (secondary N) is 3. The number of nitrogens with zero attached hydrogens (tertiary/aromatic N) is 4. The average molecular weight is 508 g/mol. The van der Waals surface area contributed by atoms with Gasteiger partial charge in [-0.15, -0.1) is 0 Å². The predicted molar refractivity (Wildman–Crippen MR) is 131 cm³/mol. The van der Waals surface area contributed by atoms with Crippen molar-refractivity contribution < 1.29 is 23.1 Å². The van der Waals surface area contributed by atoms with Crippen molar-refractivity contribution in [2.45, 2.75) is 70.9 Å². The highest BCUT2D eigenvalue weighted by molar-refractivity contribution is 5.99. The van der Waals surface area contributed by atoms with Gasteiger partial charge < -0.3 is 21.1 Å². The third-order valence-electron chi connectivity index (χ3n) is 5.67. The Kier molecular flexibility index (Phi) is 8.72. The van der Waals surface area contributed by atoms with Gasteiger partial charge in [-0.3, -0.25) is 4.79 Å². The molecule has 3 aromatic rings.